The van der Waals surface area contributed by atoms with E-state index in [1.165, 1.54) is 5.56 Å². The molecular weight excluding hydrogens is 440 g/mol. The predicted molar refractivity (Wildman–Crippen MR) is 132 cm³/mol. The number of aliphatic hydroxyl groups excluding tert-OH is 1. The molecule has 174 valence electrons. The number of hydrogen-bond donors (Lipinski definition) is 3. The van der Waals surface area contributed by atoms with Crippen molar-refractivity contribution >= 4 is 44.8 Å². The maximum absolute atomic E-state index is 12.0. The lowest BCUT2D eigenvalue weighted by molar-refractivity contribution is -0.546. The zero-order valence-corrected chi connectivity index (χ0v) is 19.6. The molecule has 0 saturated carbocycles. The van der Waals surface area contributed by atoms with E-state index in [1.807, 2.05) is 37.3 Å². The van der Waals surface area contributed by atoms with Crippen LogP contribution < -0.4 is 15.4 Å². The van der Waals surface area contributed by atoms with Gasteiger partial charge in [0.05, 0.1) is 23.7 Å². The Bertz CT molecular complexity index is 1230. The van der Waals surface area contributed by atoms with Gasteiger partial charge in [0.25, 0.3) is 0 Å². The molecule has 2 aliphatic rings. The van der Waals surface area contributed by atoms with Gasteiger partial charge in [0.2, 0.25) is 10.0 Å². The highest BCUT2D eigenvalue weighted by Crippen LogP contribution is 2.32. The average Bonchev–Trinajstić information content (AvgIpc) is 3.10. The Kier molecular flexibility index (Phi) is 6.48. The third-order valence-corrected chi connectivity index (χ3v) is 6.25. The number of aryl methyl sites for hydroxylation is 1. The number of piperidine rings is 1. The summed E-state index contributed by atoms with van der Waals surface area (Å²) in [5.41, 5.74) is 10.7. The number of hydrazone groups is 1. The number of hydrogen-bond acceptors (Lipinski definition) is 7. The second-order valence-corrected chi connectivity index (χ2v) is 10.2. The SMILES string of the molecule is Cc1ccc(C[N+]2=C(N)C(=Nc3ccc(N4CCC(O)CC4)cc3NS(C)(=O)=O)C=N2)cc1. The van der Waals surface area contributed by atoms with E-state index < -0.39 is 10.0 Å². The molecule has 1 fully saturated rings. The van der Waals surface area contributed by atoms with E-state index in [0.717, 1.165) is 17.5 Å². The van der Waals surface area contributed by atoms with Gasteiger partial charge in [-0.05, 0) is 43.5 Å². The fourth-order valence-electron chi connectivity index (χ4n) is 3.82. The molecule has 2 aromatic carbocycles. The van der Waals surface area contributed by atoms with Gasteiger partial charge in [-0.2, -0.15) is 0 Å². The smallest absolute Gasteiger partial charge is 0.321 e. The van der Waals surface area contributed by atoms with Crippen LogP contribution >= 0.6 is 0 Å². The molecule has 0 spiro atoms. The largest absolute Gasteiger partial charge is 0.393 e. The number of nitrogens with two attached hydrogens (primary N) is 1. The number of benzene rings is 2. The van der Waals surface area contributed by atoms with Crippen molar-refractivity contribution in [2.75, 3.05) is 29.0 Å². The van der Waals surface area contributed by atoms with E-state index in [1.54, 1.807) is 23.0 Å². The summed E-state index contributed by atoms with van der Waals surface area (Å²) in [7, 11) is -3.52. The second-order valence-electron chi connectivity index (χ2n) is 8.46. The van der Waals surface area contributed by atoms with Gasteiger partial charge in [-0.3, -0.25) is 10.5 Å². The zero-order valence-electron chi connectivity index (χ0n) is 18.8. The minimum Gasteiger partial charge on any atom is -0.393 e. The normalized spacial score (nSPS) is 18.4. The molecule has 0 aliphatic carbocycles. The van der Waals surface area contributed by atoms with Crippen molar-refractivity contribution in [2.45, 2.75) is 32.4 Å². The van der Waals surface area contributed by atoms with Gasteiger partial charge in [0.15, 0.2) is 5.71 Å². The standard InChI is InChI=1S/C23H28N6O3S/c1-16-3-5-17(6-4-16)15-29-23(24)22(14-25-29)26-20-8-7-18(13-21(20)27-33(2,31)32)28-11-9-19(30)10-12-28/h3-8,13-14,19,30H,9-12,15H2,1-2H3,(H2,24,25,27)/p+1. The van der Waals surface area contributed by atoms with E-state index in [-0.39, 0.29) is 6.10 Å². The minimum atomic E-state index is -3.52. The topological polar surface area (TPSA) is 123 Å². The molecule has 4 N–H and O–H groups in total. The van der Waals surface area contributed by atoms with Crippen LogP contribution in [0.3, 0.4) is 0 Å². The van der Waals surface area contributed by atoms with Gasteiger partial charge < -0.3 is 10.0 Å². The van der Waals surface area contributed by atoms with Crippen molar-refractivity contribution in [3.63, 3.8) is 0 Å². The molecule has 0 aromatic heterocycles. The second kappa shape index (κ2) is 9.32. The van der Waals surface area contributed by atoms with Crippen molar-refractivity contribution in [1.82, 2.24) is 0 Å². The Morgan fingerprint density at radius 1 is 1.21 bits per heavy atom. The third kappa shape index (κ3) is 5.77. The highest BCUT2D eigenvalue weighted by Gasteiger charge is 2.23. The van der Waals surface area contributed by atoms with E-state index in [9.17, 15) is 13.5 Å². The number of anilines is 2. The van der Waals surface area contributed by atoms with Crippen LogP contribution in [0.25, 0.3) is 0 Å². The van der Waals surface area contributed by atoms with E-state index in [4.69, 9.17) is 5.73 Å². The molecule has 0 bridgehead atoms. The van der Waals surface area contributed by atoms with Crippen LogP contribution in [0, 0.1) is 6.92 Å². The van der Waals surface area contributed by atoms with E-state index in [2.05, 4.69) is 19.7 Å². The van der Waals surface area contributed by atoms with E-state index >= 15 is 0 Å². The van der Waals surface area contributed by atoms with Crippen molar-refractivity contribution in [2.24, 2.45) is 15.8 Å². The highest BCUT2D eigenvalue weighted by atomic mass is 32.2. The Hall–Kier alpha value is -3.24. The molecule has 33 heavy (non-hydrogen) atoms. The molecular formula is C23H29N6O3S+. The Labute approximate surface area is 194 Å². The Morgan fingerprint density at radius 2 is 1.91 bits per heavy atom. The first kappa shape index (κ1) is 22.9. The van der Waals surface area contributed by atoms with Gasteiger partial charge in [-0.25, -0.2) is 13.4 Å². The first-order valence-electron chi connectivity index (χ1n) is 10.8. The molecule has 9 nitrogen and oxygen atoms in total. The van der Waals surface area contributed by atoms with Crippen molar-refractivity contribution < 1.29 is 18.2 Å². The number of sulfonamides is 1. The van der Waals surface area contributed by atoms with Crippen LogP contribution in [0.5, 0.6) is 0 Å². The summed E-state index contributed by atoms with van der Waals surface area (Å²) in [5, 5.41) is 14.1. The van der Waals surface area contributed by atoms with Gasteiger partial charge in [-0.15, -0.1) is 4.68 Å². The first-order chi connectivity index (χ1) is 15.7. The van der Waals surface area contributed by atoms with Gasteiger partial charge >= 0.3 is 5.84 Å². The summed E-state index contributed by atoms with van der Waals surface area (Å²) >= 11 is 0. The quantitative estimate of drug-likeness (QED) is 0.558. The number of aliphatic hydroxyl groups is 1. The lowest BCUT2D eigenvalue weighted by Gasteiger charge is -2.31. The number of rotatable bonds is 6. The summed E-state index contributed by atoms with van der Waals surface area (Å²) in [5.74, 6) is 0.398. The lowest BCUT2D eigenvalue weighted by Crippen LogP contribution is -2.35. The maximum Gasteiger partial charge on any atom is 0.321 e. The monoisotopic (exact) mass is 469 g/mol. The van der Waals surface area contributed by atoms with Gasteiger partial charge in [-0.1, -0.05) is 34.9 Å². The summed E-state index contributed by atoms with van der Waals surface area (Å²) in [6, 6.07) is 13.6. The number of amidine groups is 1. The number of nitrogens with one attached hydrogen (secondary N) is 1. The molecule has 0 atom stereocenters. The van der Waals surface area contributed by atoms with Crippen molar-refractivity contribution in [1.29, 1.82) is 0 Å². The number of nitrogens with zero attached hydrogens (tertiary/aromatic N) is 4. The molecule has 0 unspecified atom stereocenters. The molecule has 0 amide bonds. The lowest BCUT2D eigenvalue weighted by atomic mass is 10.1. The molecule has 2 heterocycles. The minimum absolute atomic E-state index is 0.288. The van der Waals surface area contributed by atoms with Crippen molar-refractivity contribution in [3.05, 3.63) is 53.6 Å². The van der Waals surface area contributed by atoms with Crippen LogP contribution in [0.15, 0.2) is 52.6 Å². The molecule has 0 radical (unpaired) electrons. The fraction of sp³-hybridized carbons (Fsp3) is 0.348. The molecule has 4 rings (SSSR count). The van der Waals surface area contributed by atoms with Gasteiger partial charge in [0.1, 0.15) is 12.8 Å². The third-order valence-electron chi connectivity index (χ3n) is 5.66. The van der Waals surface area contributed by atoms with Crippen LogP contribution in [0.2, 0.25) is 0 Å². The highest BCUT2D eigenvalue weighted by molar-refractivity contribution is 7.92. The molecule has 2 aromatic rings. The maximum atomic E-state index is 12.0. The van der Waals surface area contributed by atoms with Gasteiger partial charge in [0, 0.05) is 18.8 Å². The molecule has 2 aliphatic heterocycles. The summed E-state index contributed by atoms with van der Waals surface area (Å²) < 4.78 is 28.2. The zero-order chi connectivity index (χ0) is 23.6. The molecule has 10 heteroatoms. The van der Waals surface area contributed by atoms with Crippen molar-refractivity contribution in [3.8, 4) is 0 Å². The van der Waals surface area contributed by atoms with Crippen LogP contribution in [-0.2, 0) is 16.6 Å². The number of aliphatic imine (C=N–C) groups is 1. The summed E-state index contributed by atoms with van der Waals surface area (Å²) in [6.45, 7) is 3.95. The first-order valence-corrected chi connectivity index (χ1v) is 12.7. The van der Waals surface area contributed by atoms with Crippen LogP contribution in [-0.4, -0.2) is 61.4 Å². The van der Waals surface area contributed by atoms with Crippen LogP contribution in [0.4, 0.5) is 17.1 Å². The Balaban J connectivity index is 1.62. The van der Waals surface area contributed by atoms with Crippen LogP contribution in [0.1, 0.15) is 24.0 Å². The predicted octanol–water partition coefficient (Wildman–Crippen LogP) is 1.97. The van der Waals surface area contributed by atoms with E-state index in [0.29, 0.717) is 55.4 Å². The Morgan fingerprint density at radius 3 is 2.58 bits per heavy atom. The summed E-state index contributed by atoms with van der Waals surface area (Å²) in [6.07, 6.45) is 3.75. The fourth-order valence-corrected chi connectivity index (χ4v) is 4.38. The average molecular weight is 470 g/mol. The summed E-state index contributed by atoms with van der Waals surface area (Å²) in [4.78, 5) is 6.73. The molecule has 1 saturated heterocycles.